The smallest absolute Gasteiger partial charge is 0.321 e. The van der Waals surface area contributed by atoms with Crippen LogP contribution in [0.4, 0.5) is 10.5 Å². The lowest BCUT2D eigenvalue weighted by Crippen LogP contribution is -2.40. The van der Waals surface area contributed by atoms with Crippen molar-refractivity contribution in [1.29, 1.82) is 0 Å². The van der Waals surface area contributed by atoms with Gasteiger partial charge in [-0.1, -0.05) is 25.4 Å². The molecule has 2 aliphatic heterocycles. The number of carbonyl (C=O) groups excluding carboxylic acids is 2. The van der Waals surface area contributed by atoms with E-state index in [-0.39, 0.29) is 35.0 Å². The molecule has 7 nitrogen and oxygen atoms in total. The zero-order valence-electron chi connectivity index (χ0n) is 14.8. The van der Waals surface area contributed by atoms with Gasteiger partial charge in [0.05, 0.1) is 16.0 Å². The summed E-state index contributed by atoms with van der Waals surface area (Å²) >= 11 is 6.23. The summed E-state index contributed by atoms with van der Waals surface area (Å²) in [5, 5.41) is 12.7. The Morgan fingerprint density at radius 3 is 2.58 bits per heavy atom. The molecule has 0 radical (unpaired) electrons. The van der Waals surface area contributed by atoms with Gasteiger partial charge in [0.1, 0.15) is 0 Å². The van der Waals surface area contributed by atoms with Crippen molar-refractivity contribution in [3.05, 3.63) is 28.8 Å². The molecule has 2 saturated heterocycles. The molecule has 1 unspecified atom stereocenters. The largest absolute Gasteiger partial charge is 0.481 e. The fourth-order valence-corrected chi connectivity index (χ4v) is 3.83. The molecule has 8 heteroatoms. The fourth-order valence-electron chi connectivity index (χ4n) is 3.63. The average molecular weight is 380 g/mol. The second-order valence-corrected chi connectivity index (χ2v) is 7.55. The van der Waals surface area contributed by atoms with E-state index in [1.165, 1.54) is 0 Å². The second kappa shape index (κ2) is 6.79. The van der Waals surface area contributed by atoms with Crippen LogP contribution in [0.5, 0.6) is 0 Å². The summed E-state index contributed by atoms with van der Waals surface area (Å²) in [6.45, 7) is 5.32. The molecule has 0 aromatic heterocycles. The summed E-state index contributed by atoms with van der Waals surface area (Å²) in [7, 11) is 0. The van der Waals surface area contributed by atoms with Gasteiger partial charge in [-0.25, -0.2) is 4.79 Å². The highest BCUT2D eigenvalue weighted by molar-refractivity contribution is 6.34. The number of nitrogens with zero attached hydrogens (tertiary/aromatic N) is 2. The number of rotatable bonds is 4. The van der Waals surface area contributed by atoms with Crippen molar-refractivity contribution in [3.63, 3.8) is 0 Å². The standard InChI is InChI=1S/C18H22ClN3O4/c1-11(2)18(16(24)25)5-7-21(10-18)15(23)13-9-12(3-4-14(13)19)22-8-6-20-17(22)26/h3-4,9,11H,5-8,10H2,1-2H3,(H,20,26)(H,24,25). The molecule has 1 aromatic rings. The van der Waals surface area contributed by atoms with E-state index in [1.807, 2.05) is 13.8 Å². The van der Waals surface area contributed by atoms with Crippen LogP contribution < -0.4 is 10.2 Å². The van der Waals surface area contributed by atoms with Gasteiger partial charge in [0, 0.05) is 31.9 Å². The van der Waals surface area contributed by atoms with Gasteiger partial charge in [-0.15, -0.1) is 0 Å². The molecule has 0 saturated carbocycles. The summed E-state index contributed by atoms with van der Waals surface area (Å²) in [5.41, 5.74) is -0.0525. The minimum Gasteiger partial charge on any atom is -0.481 e. The number of likely N-dealkylation sites (tertiary alicyclic amines) is 1. The number of hydrogen-bond donors (Lipinski definition) is 2. The number of hydrogen-bond acceptors (Lipinski definition) is 3. The third kappa shape index (κ3) is 3.00. The van der Waals surface area contributed by atoms with Crippen LogP contribution in [-0.4, -0.2) is 54.1 Å². The van der Waals surface area contributed by atoms with Crippen LogP contribution in [0.1, 0.15) is 30.6 Å². The van der Waals surface area contributed by atoms with E-state index >= 15 is 0 Å². The molecule has 140 valence electrons. The van der Waals surface area contributed by atoms with Crippen LogP contribution in [0.15, 0.2) is 18.2 Å². The first-order valence-corrected chi connectivity index (χ1v) is 9.01. The Balaban J connectivity index is 1.86. The molecule has 0 aliphatic carbocycles. The van der Waals surface area contributed by atoms with Gasteiger partial charge in [-0.2, -0.15) is 0 Å². The van der Waals surface area contributed by atoms with Crippen LogP contribution in [0.25, 0.3) is 0 Å². The van der Waals surface area contributed by atoms with Crippen LogP contribution in [0.2, 0.25) is 5.02 Å². The summed E-state index contributed by atoms with van der Waals surface area (Å²) < 4.78 is 0. The molecule has 2 N–H and O–H groups in total. The van der Waals surface area contributed by atoms with Gasteiger partial charge in [0.15, 0.2) is 0 Å². The molecular weight excluding hydrogens is 358 g/mol. The lowest BCUT2D eigenvalue weighted by molar-refractivity contribution is -0.150. The van der Waals surface area contributed by atoms with Gasteiger partial charge >= 0.3 is 12.0 Å². The third-order valence-electron chi connectivity index (χ3n) is 5.47. The first kappa shape index (κ1) is 18.5. The topological polar surface area (TPSA) is 89.9 Å². The van der Waals surface area contributed by atoms with Crippen molar-refractivity contribution < 1.29 is 19.5 Å². The first-order chi connectivity index (χ1) is 12.3. The number of nitrogens with one attached hydrogen (secondary N) is 1. The molecular formula is C18H22ClN3O4. The number of urea groups is 1. The van der Waals surface area contributed by atoms with Gasteiger partial charge in [0.2, 0.25) is 0 Å². The Morgan fingerprint density at radius 1 is 1.31 bits per heavy atom. The van der Waals surface area contributed by atoms with E-state index in [1.54, 1.807) is 28.0 Å². The maximum absolute atomic E-state index is 13.0. The van der Waals surface area contributed by atoms with E-state index in [0.29, 0.717) is 31.7 Å². The Labute approximate surface area is 156 Å². The van der Waals surface area contributed by atoms with Crippen molar-refractivity contribution in [2.24, 2.45) is 11.3 Å². The lowest BCUT2D eigenvalue weighted by atomic mass is 9.76. The summed E-state index contributed by atoms with van der Waals surface area (Å²) in [5.74, 6) is -1.27. The van der Waals surface area contributed by atoms with Gasteiger partial charge in [0.25, 0.3) is 5.91 Å². The van der Waals surface area contributed by atoms with Crippen molar-refractivity contribution in [2.45, 2.75) is 20.3 Å². The highest BCUT2D eigenvalue weighted by Gasteiger charge is 2.48. The molecule has 3 amide bonds. The van der Waals surface area contributed by atoms with Gasteiger partial charge in [-0.05, 0) is 30.5 Å². The van der Waals surface area contributed by atoms with E-state index in [2.05, 4.69) is 5.32 Å². The maximum atomic E-state index is 13.0. The average Bonchev–Trinajstić information content (AvgIpc) is 3.22. The predicted octanol–water partition coefficient (Wildman–Crippen LogP) is 2.44. The lowest BCUT2D eigenvalue weighted by Gasteiger charge is -2.28. The molecule has 2 fully saturated rings. The van der Waals surface area contributed by atoms with Crippen LogP contribution in [0.3, 0.4) is 0 Å². The normalized spacial score (nSPS) is 22.8. The predicted molar refractivity (Wildman–Crippen MR) is 97.6 cm³/mol. The third-order valence-corrected chi connectivity index (χ3v) is 5.80. The number of halogens is 1. The van der Waals surface area contributed by atoms with Crippen molar-refractivity contribution in [3.8, 4) is 0 Å². The minimum atomic E-state index is -0.936. The Kier molecular flexibility index (Phi) is 4.84. The van der Waals surface area contributed by atoms with Gasteiger partial charge < -0.3 is 15.3 Å². The van der Waals surface area contributed by atoms with Crippen LogP contribution >= 0.6 is 11.6 Å². The van der Waals surface area contributed by atoms with E-state index in [9.17, 15) is 19.5 Å². The highest BCUT2D eigenvalue weighted by atomic mass is 35.5. The second-order valence-electron chi connectivity index (χ2n) is 7.14. The molecule has 0 bridgehead atoms. The molecule has 3 rings (SSSR count). The molecule has 0 spiro atoms. The molecule has 1 aromatic carbocycles. The van der Waals surface area contributed by atoms with E-state index < -0.39 is 11.4 Å². The van der Waals surface area contributed by atoms with Crippen LogP contribution in [-0.2, 0) is 4.79 Å². The Hall–Kier alpha value is -2.28. The number of carbonyl (C=O) groups is 3. The van der Waals surface area contributed by atoms with Crippen molar-refractivity contribution >= 4 is 35.2 Å². The highest BCUT2D eigenvalue weighted by Crippen LogP contribution is 2.39. The van der Waals surface area contributed by atoms with Crippen molar-refractivity contribution in [2.75, 3.05) is 31.1 Å². The number of carboxylic acid groups (broad SMARTS) is 1. The minimum absolute atomic E-state index is 0.0899. The quantitative estimate of drug-likeness (QED) is 0.840. The summed E-state index contributed by atoms with van der Waals surface area (Å²) in [4.78, 5) is 39.7. The summed E-state index contributed by atoms with van der Waals surface area (Å²) in [6, 6.07) is 4.69. The number of amides is 3. The molecule has 1 atom stereocenters. The fraction of sp³-hybridized carbons (Fsp3) is 0.500. The van der Waals surface area contributed by atoms with Gasteiger partial charge in [-0.3, -0.25) is 14.5 Å². The number of carboxylic acids is 1. The van der Waals surface area contributed by atoms with Crippen molar-refractivity contribution in [1.82, 2.24) is 10.2 Å². The Morgan fingerprint density at radius 2 is 2.04 bits per heavy atom. The van der Waals surface area contributed by atoms with Crippen LogP contribution in [0, 0.1) is 11.3 Å². The summed E-state index contributed by atoms with van der Waals surface area (Å²) in [6.07, 6.45) is 0.414. The maximum Gasteiger partial charge on any atom is 0.321 e. The number of benzene rings is 1. The molecule has 26 heavy (non-hydrogen) atoms. The SMILES string of the molecule is CC(C)C1(C(=O)O)CCN(C(=O)c2cc(N3CCNC3=O)ccc2Cl)C1. The first-order valence-electron chi connectivity index (χ1n) is 8.64. The Bertz CT molecular complexity index is 767. The zero-order valence-corrected chi connectivity index (χ0v) is 15.5. The molecule has 2 aliphatic rings. The van der Waals surface area contributed by atoms with E-state index in [4.69, 9.17) is 11.6 Å². The number of anilines is 1. The monoisotopic (exact) mass is 379 g/mol. The number of aliphatic carboxylic acids is 1. The molecule has 2 heterocycles. The zero-order chi connectivity index (χ0) is 19.1. The van der Waals surface area contributed by atoms with E-state index in [0.717, 1.165) is 0 Å².